The van der Waals surface area contributed by atoms with Crippen LogP contribution in [-0.2, 0) is 10.0 Å². The second-order valence-electron chi connectivity index (χ2n) is 9.03. The minimum Gasteiger partial charge on any atom is -0.329 e. The van der Waals surface area contributed by atoms with Crippen LogP contribution in [-0.4, -0.2) is 23.4 Å². The molecule has 0 aliphatic rings. The topological polar surface area (TPSA) is 119 Å². The molecule has 5 aromatic rings. The van der Waals surface area contributed by atoms with Gasteiger partial charge in [-0.3, -0.25) is 14.8 Å². The number of aromatic amines is 1. The molecule has 39 heavy (non-hydrogen) atoms. The first-order valence-corrected chi connectivity index (χ1v) is 13.4. The molecule has 202 valence electrons. The Labute approximate surface area is 227 Å². The largest absolute Gasteiger partial charge is 0.329 e. The van der Waals surface area contributed by atoms with Gasteiger partial charge in [0.1, 0.15) is 10.7 Å². The number of nitrogens with zero attached hydrogens (tertiary/aromatic N) is 2. The zero-order valence-corrected chi connectivity index (χ0v) is 22.0. The van der Waals surface area contributed by atoms with Crippen LogP contribution in [0.3, 0.4) is 0 Å². The second kappa shape index (κ2) is 12.1. The Bertz CT molecular complexity index is 1780. The molecule has 0 saturated carbocycles. The number of nitrogens with two attached hydrogens (primary N) is 1. The van der Waals surface area contributed by atoms with Crippen LogP contribution in [0.1, 0.15) is 38.6 Å². The minimum atomic E-state index is -4.07. The van der Waals surface area contributed by atoms with Crippen LogP contribution in [0, 0.1) is 12.7 Å². The van der Waals surface area contributed by atoms with Gasteiger partial charge in [-0.25, -0.2) is 17.9 Å². The van der Waals surface area contributed by atoms with Crippen LogP contribution >= 0.6 is 0 Å². The minimum absolute atomic E-state index is 0. The van der Waals surface area contributed by atoms with Gasteiger partial charge in [-0.1, -0.05) is 51.6 Å². The zero-order valence-electron chi connectivity index (χ0n) is 21.1. The number of nitrogens with one attached hydrogen (secondary N) is 1. The summed E-state index contributed by atoms with van der Waals surface area (Å²) in [6, 6.07) is 19.2. The van der Waals surface area contributed by atoms with Crippen molar-refractivity contribution >= 4 is 20.8 Å². The maximum atomic E-state index is 13.4. The first kappa shape index (κ1) is 29.3. The average Bonchev–Trinajstić information content (AvgIpc) is 2.89. The number of primary sulfonamides is 1. The lowest BCUT2D eigenvalue weighted by Gasteiger charge is -2.11. The van der Waals surface area contributed by atoms with E-state index in [-0.39, 0.29) is 13.0 Å². The number of aryl methyl sites for hydroxylation is 1. The fourth-order valence-electron chi connectivity index (χ4n) is 4.15. The predicted octanol–water partition coefficient (Wildman–Crippen LogP) is 6.19. The van der Waals surface area contributed by atoms with Crippen LogP contribution in [0.15, 0.2) is 95.0 Å². The van der Waals surface area contributed by atoms with Gasteiger partial charge in [0.25, 0.3) is 5.56 Å². The lowest BCUT2D eigenvalue weighted by Crippen LogP contribution is -2.14. The summed E-state index contributed by atoms with van der Waals surface area (Å²) in [6.45, 7) is 6.04. The summed E-state index contributed by atoms with van der Waals surface area (Å²) in [7, 11) is -4.07. The normalized spacial score (nSPS) is 11.0. The van der Waals surface area contributed by atoms with Crippen molar-refractivity contribution in [3.05, 3.63) is 113 Å². The van der Waals surface area contributed by atoms with Crippen molar-refractivity contribution in [2.75, 3.05) is 0 Å². The highest BCUT2D eigenvalue weighted by Crippen LogP contribution is 2.29. The van der Waals surface area contributed by atoms with Crippen LogP contribution < -0.4 is 10.7 Å². The molecule has 0 amide bonds. The van der Waals surface area contributed by atoms with E-state index in [4.69, 9.17) is 5.14 Å². The van der Waals surface area contributed by atoms with Crippen molar-refractivity contribution in [2.45, 2.75) is 39.0 Å². The third kappa shape index (κ3) is 6.63. The molecule has 0 atom stereocenters. The van der Waals surface area contributed by atoms with Crippen molar-refractivity contribution in [3.8, 4) is 22.3 Å². The molecule has 0 aliphatic heterocycles. The molecule has 3 aromatic heterocycles. The maximum absolute atomic E-state index is 13.4. The number of H-pyrrole nitrogens is 1. The molecule has 0 bridgehead atoms. The fourth-order valence-corrected chi connectivity index (χ4v) is 4.78. The smallest absolute Gasteiger partial charge is 0.255 e. The van der Waals surface area contributed by atoms with E-state index in [1.54, 1.807) is 31.5 Å². The quantitative estimate of drug-likeness (QED) is 0.278. The van der Waals surface area contributed by atoms with Crippen molar-refractivity contribution in [3.63, 3.8) is 0 Å². The Morgan fingerprint density at radius 2 is 1.54 bits per heavy atom. The molecular weight excluding hydrogens is 515 g/mol. The van der Waals surface area contributed by atoms with Crippen LogP contribution in [0.2, 0.25) is 0 Å². The first-order chi connectivity index (χ1) is 18.1. The maximum Gasteiger partial charge on any atom is 0.255 e. The van der Waals surface area contributed by atoms with Gasteiger partial charge in [0, 0.05) is 40.8 Å². The Morgan fingerprint density at radius 3 is 2.21 bits per heavy atom. The SMILES string of the molecule is C.CC(C)c1ncccc1-c1ccc2cc[nH]c(=O)c2c1.Cc1ncccc1-c1ccc(F)c(S(N)(=O)=O)c1. The van der Waals surface area contributed by atoms with Crippen LogP contribution in [0.5, 0.6) is 0 Å². The van der Waals surface area contributed by atoms with E-state index in [2.05, 4.69) is 34.9 Å². The third-order valence-electron chi connectivity index (χ3n) is 6.03. The molecule has 9 heteroatoms. The Morgan fingerprint density at radius 1 is 0.897 bits per heavy atom. The van der Waals surface area contributed by atoms with E-state index >= 15 is 0 Å². The van der Waals surface area contributed by atoms with Gasteiger partial charge in [0.05, 0.1) is 5.69 Å². The fraction of sp³-hybridized carbons (Fsp3) is 0.167. The molecule has 0 unspecified atom stereocenters. The highest BCUT2D eigenvalue weighted by atomic mass is 32.2. The second-order valence-corrected chi connectivity index (χ2v) is 10.6. The molecule has 2 aromatic carbocycles. The summed E-state index contributed by atoms with van der Waals surface area (Å²) in [5, 5.41) is 6.62. The van der Waals surface area contributed by atoms with E-state index in [9.17, 15) is 17.6 Å². The zero-order chi connectivity index (χ0) is 27.4. The summed E-state index contributed by atoms with van der Waals surface area (Å²) in [6.07, 6.45) is 5.11. The Hall–Kier alpha value is -4.21. The van der Waals surface area contributed by atoms with E-state index < -0.39 is 20.7 Å². The van der Waals surface area contributed by atoms with E-state index in [1.807, 2.05) is 36.5 Å². The molecular formula is C30H31FN4O3S. The summed E-state index contributed by atoms with van der Waals surface area (Å²) in [5.74, 6) is -0.515. The van der Waals surface area contributed by atoms with Crippen molar-refractivity contribution in [1.29, 1.82) is 0 Å². The number of rotatable bonds is 4. The summed E-state index contributed by atoms with van der Waals surface area (Å²) >= 11 is 0. The summed E-state index contributed by atoms with van der Waals surface area (Å²) in [5.41, 5.74) is 5.15. The van der Waals surface area contributed by atoms with Gasteiger partial charge in [-0.15, -0.1) is 0 Å². The molecule has 0 saturated heterocycles. The van der Waals surface area contributed by atoms with Crippen molar-refractivity contribution in [2.24, 2.45) is 5.14 Å². The van der Waals surface area contributed by atoms with Gasteiger partial charge >= 0.3 is 0 Å². The van der Waals surface area contributed by atoms with Gasteiger partial charge in [-0.2, -0.15) is 0 Å². The monoisotopic (exact) mass is 546 g/mol. The van der Waals surface area contributed by atoms with Crippen LogP contribution in [0.4, 0.5) is 4.39 Å². The summed E-state index contributed by atoms with van der Waals surface area (Å²) in [4.78, 5) is 22.7. The van der Waals surface area contributed by atoms with Gasteiger partial charge in [0.15, 0.2) is 0 Å². The standard InChI is InChI=1S/C17H16N2O.C12H11FN2O2S.CH4/c1-11(2)16-14(4-3-8-18-16)13-6-5-12-7-9-19-17(20)15(12)10-13;1-8-10(3-2-6-15-8)9-4-5-11(13)12(7-9)18(14,16)17;/h3-11H,1-2H3,(H,19,20);2-7H,1H3,(H2,14,16,17);1H4. The molecule has 3 N–H and O–H groups in total. The number of hydrogen-bond donors (Lipinski definition) is 2. The van der Waals surface area contributed by atoms with E-state index in [0.717, 1.165) is 39.5 Å². The number of benzene rings is 2. The molecule has 0 spiro atoms. The number of halogens is 1. The number of sulfonamides is 1. The highest BCUT2D eigenvalue weighted by Gasteiger charge is 2.16. The summed E-state index contributed by atoms with van der Waals surface area (Å²) < 4.78 is 35.9. The number of aromatic nitrogens is 3. The Balaban J connectivity index is 0.000000211. The van der Waals surface area contributed by atoms with Crippen LogP contribution in [0.25, 0.3) is 33.0 Å². The number of fused-ring (bicyclic) bond motifs is 1. The predicted molar refractivity (Wildman–Crippen MR) is 154 cm³/mol. The van der Waals surface area contributed by atoms with E-state index in [0.29, 0.717) is 16.9 Å². The number of hydrogen-bond acceptors (Lipinski definition) is 5. The van der Waals surface area contributed by atoms with Crippen molar-refractivity contribution in [1.82, 2.24) is 15.0 Å². The van der Waals surface area contributed by atoms with Gasteiger partial charge in [0.2, 0.25) is 10.0 Å². The molecule has 5 rings (SSSR count). The molecule has 0 radical (unpaired) electrons. The molecule has 0 aliphatic carbocycles. The highest BCUT2D eigenvalue weighted by molar-refractivity contribution is 7.89. The lowest BCUT2D eigenvalue weighted by atomic mass is 9.96. The average molecular weight is 547 g/mol. The molecule has 7 nitrogen and oxygen atoms in total. The van der Waals surface area contributed by atoms with Gasteiger partial charge < -0.3 is 4.98 Å². The number of pyridine rings is 3. The Kier molecular flexibility index (Phi) is 9.11. The molecule has 0 fully saturated rings. The lowest BCUT2D eigenvalue weighted by molar-refractivity contribution is 0.568. The van der Waals surface area contributed by atoms with E-state index in [1.165, 1.54) is 12.1 Å². The van der Waals surface area contributed by atoms with Crippen molar-refractivity contribution < 1.29 is 12.8 Å². The first-order valence-electron chi connectivity index (χ1n) is 11.9. The molecule has 3 heterocycles. The third-order valence-corrected chi connectivity index (χ3v) is 6.95. The van der Waals surface area contributed by atoms with Gasteiger partial charge in [-0.05, 0) is 65.8 Å².